The minimum absolute atomic E-state index is 0.000978. The van der Waals surface area contributed by atoms with Crippen LogP contribution >= 0.6 is 0 Å². The molecular formula is C21H29N3O4. The van der Waals surface area contributed by atoms with Gasteiger partial charge in [0.05, 0.1) is 5.92 Å². The molecule has 152 valence electrons. The number of carbonyl (C=O) groups excluding carboxylic acids is 2. The molecule has 2 N–H and O–H groups in total. The number of hydrogen-bond acceptors (Lipinski definition) is 3. The summed E-state index contributed by atoms with van der Waals surface area (Å²) < 4.78 is 0. The number of nitrogens with zero attached hydrogens (tertiary/aromatic N) is 2. The van der Waals surface area contributed by atoms with Crippen molar-refractivity contribution in [3.05, 3.63) is 34.9 Å². The number of carboxylic acids is 1. The van der Waals surface area contributed by atoms with Crippen LogP contribution in [-0.2, 0) is 9.59 Å². The maximum atomic E-state index is 12.8. The molecule has 2 atom stereocenters. The van der Waals surface area contributed by atoms with E-state index in [-0.39, 0.29) is 17.9 Å². The second-order valence-electron chi connectivity index (χ2n) is 7.89. The predicted molar refractivity (Wildman–Crippen MR) is 105 cm³/mol. The smallest absolute Gasteiger partial charge is 0.330 e. The molecule has 2 unspecified atom stereocenters. The molecule has 2 fully saturated rings. The quantitative estimate of drug-likeness (QED) is 0.830. The third kappa shape index (κ3) is 4.46. The summed E-state index contributed by atoms with van der Waals surface area (Å²) in [6, 6.07) is 4.32. The van der Waals surface area contributed by atoms with Crippen LogP contribution in [0.5, 0.6) is 0 Å². The highest BCUT2D eigenvalue weighted by Gasteiger charge is 2.33. The van der Waals surface area contributed by atoms with Crippen molar-refractivity contribution < 1.29 is 19.5 Å². The second kappa shape index (κ2) is 8.63. The van der Waals surface area contributed by atoms with E-state index >= 15 is 0 Å². The Morgan fingerprint density at radius 2 is 1.71 bits per heavy atom. The molecule has 3 rings (SSSR count). The Kier molecular flexibility index (Phi) is 6.21. The van der Waals surface area contributed by atoms with E-state index < -0.39 is 12.0 Å². The zero-order valence-electron chi connectivity index (χ0n) is 16.6. The Hall–Kier alpha value is -2.57. The molecular weight excluding hydrogens is 358 g/mol. The Labute approximate surface area is 165 Å². The van der Waals surface area contributed by atoms with Crippen LogP contribution in [0.4, 0.5) is 4.79 Å². The maximum Gasteiger partial charge on any atom is 0.330 e. The molecule has 1 aromatic rings. The molecule has 0 saturated carbocycles. The molecule has 2 heterocycles. The molecule has 0 aliphatic carbocycles. The number of nitrogens with one attached hydrogen (secondary N) is 1. The summed E-state index contributed by atoms with van der Waals surface area (Å²) in [6.45, 7) is 6.43. The van der Waals surface area contributed by atoms with Gasteiger partial charge in [-0.2, -0.15) is 0 Å². The van der Waals surface area contributed by atoms with Crippen LogP contribution in [-0.4, -0.2) is 59.0 Å². The number of carbonyl (C=O) groups is 3. The van der Waals surface area contributed by atoms with Gasteiger partial charge in [0, 0.05) is 26.2 Å². The third-order valence-corrected chi connectivity index (χ3v) is 5.84. The molecule has 0 bridgehead atoms. The van der Waals surface area contributed by atoms with Gasteiger partial charge in [-0.3, -0.25) is 4.79 Å². The number of aryl methyl sites for hydroxylation is 2. The standard InChI is InChI=1S/C21H29N3O4/c1-14-7-8-16(12-15(14)2)18(20(26)27)22-19(25)17-6-5-11-24(13-17)21(28)23-9-3-4-10-23/h7-8,12,17-18H,3-6,9-11,13H2,1-2H3,(H,22,25)(H,26,27). The molecule has 3 amide bonds. The number of carboxylic acid groups (broad SMARTS) is 1. The zero-order valence-corrected chi connectivity index (χ0v) is 16.6. The largest absolute Gasteiger partial charge is 0.479 e. The van der Waals surface area contributed by atoms with Gasteiger partial charge in [0.1, 0.15) is 0 Å². The normalized spacial score (nSPS) is 20.7. The van der Waals surface area contributed by atoms with Crippen molar-refractivity contribution in [3.8, 4) is 0 Å². The Morgan fingerprint density at radius 3 is 2.36 bits per heavy atom. The molecule has 7 nitrogen and oxygen atoms in total. The highest BCUT2D eigenvalue weighted by atomic mass is 16.4. The molecule has 28 heavy (non-hydrogen) atoms. The highest BCUT2D eigenvalue weighted by Crippen LogP contribution is 2.22. The Balaban J connectivity index is 1.66. The van der Waals surface area contributed by atoms with E-state index in [0.29, 0.717) is 25.1 Å². The lowest BCUT2D eigenvalue weighted by Crippen LogP contribution is -2.50. The SMILES string of the molecule is Cc1ccc(C(NC(=O)C2CCCN(C(=O)N3CCCC3)C2)C(=O)O)cc1C. The number of urea groups is 1. The van der Waals surface area contributed by atoms with E-state index in [4.69, 9.17) is 0 Å². The summed E-state index contributed by atoms with van der Waals surface area (Å²) in [7, 11) is 0. The van der Waals surface area contributed by atoms with Gasteiger partial charge >= 0.3 is 12.0 Å². The second-order valence-corrected chi connectivity index (χ2v) is 7.89. The number of aliphatic carboxylic acids is 1. The fraction of sp³-hybridized carbons (Fsp3) is 0.571. The Bertz CT molecular complexity index is 758. The fourth-order valence-electron chi connectivity index (χ4n) is 3.97. The topological polar surface area (TPSA) is 90.0 Å². The summed E-state index contributed by atoms with van der Waals surface area (Å²) in [4.78, 5) is 40.8. The predicted octanol–water partition coefficient (Wildman–Crippen LogP) is 2.47. The lowest BCUT2D eigenvalue weighted by molar-refractivity contribution is -0.143. The first-order chi connectivity index (χ1) is 13.4. The van der Waals surface area contributed by atoms with E-state index in [2.05, 4.69) is 5.32 Å². The van der Waals surface area contributed by atoms with E-state index in [1.165, 1.54) is 0 Å². The molecule has 0 aromatic heterocycles. The first-order valence-corrected chi connectivity index (χ1v) is 10.0. The molecule has 0 radical (unpaired) electrons. The van der Waals surface area contributed by atoms with E-state index in [1.54, 1.807) is 17.0 Å². The summed E-state index contributed by atoms with van der Waals surface area (Å²) >= 11 is 0. The number of piperidine rings is 1. The van der Waals surface area contributed by atoms with Crippen LogP contribution in [0, 0.1) is 19.8 Å². The van der Waals surface area contributed by atoms with Crippen LogP contribution in [0.15, 0.2) is 18.2 Å². The summed E-state index contributed by atoms with van der Waals surface area (Å²) in [5, 5.41) is 12.3. The van der Waals surface area contributed by atoms with E-state index in [9.17, 15) is 19.5 Å². The van der Waals surface area contributed by atoms with Crippen LogP contribution in [0.25, 0.3) is 0 Å². The van der Waals surface area contributed by atoms with Gasteiger partial charge < -0.3 is 20.2 Å². The van der Waals surface area contributed by atoms with Crippen molar-refractivity contribution in [1.29, 1.82) is 0 Å². The summed E-state index contributed by atoms with van der Waals surface area (Å²) in [5.74, 6) is -1.77. The van der Waals surface area contributed by atoms with Crippen molar-refractivity contribution >= 4 is 17.9 Å². The van der Waals surface area contributed by atoms with E-state index in [1.807, 2.05) is 24.8 Å². The van der Waals surface area contributed by atoms with Gasteiger partial charge in [0.15, 0.2) is 6.04 Å². The van der Waals surface area contributed by atoms with Gasteiger partial charge in [-0.15, -0.1) is 0 Å². The number of likely N-dealkylation sites (tertiary alicyclic amines) is 2. The van der Waals surface area contributed by atoms with Crippen molar-refractivity contribution in [3.63, 3.8) is 0 Å². The molecule has 2 aliphatic rings. The van der Waals surface area contributed by atoms with Crippen molar-refractivity contribution in [1.82, 2.24) is 15.1 Å². The molecule has 2 saturated heterocycles. The average Bonchev–Trinajstić information content (AvgIpc) is 3.22. The summed E-state index contributed by atoms with van der Waals surface area (Å²) in [6.07, 6.45) is 3.47. The van der Waals surface area contributed by atoms with Crippen LogP contribution < -0.4 is 5.32 Å². The minimum atomic E-state index is -1.09. The average molecular weight is 387 g/mol. The van der Waals surface area contributed by atoms with Gasteiger partial charge in [-0.05, 0) is 56.2 Å². The lowest BCUT2D eigenvalue weighted by Gasteiger charge is -2.35. The van der Waals surface area contributed by atoms with Gasteiger partial charge in [0.2, 0.25) is 5.91 Å². The minimum Gasteiger partial charge on any atom is -0.479 e. The van der Waals surface area contributed by atoms with Crippen molar-refractivity contribution in [2.24, 2.45) is 5.92 Å². The number of amides is 3. The lowest BCUT2D eigenvalue weighted by atomic mass is 9.95. The number of rotatable bonds is 4. The maximum absolute atomic E-state index is 12.8. The van der Waals surface area contributed by atoms with Crippen molar-refractivity contribution in [2.45, 2.75) is 45.6 Å². The van der Waals surface area contributed by atoms with Gasteiger partial charge in [0.25, 0.3) is 0 Å². The van der Waals surface area contributed by atoms with Crippen LogP contribution in [0.2, 0.25) is 0 Å². The third-order valence-electron chi connectivity index (χ3n) is 5.84. The monoisotopic (exact) mass is 387 g/mol. The first kappa shape index (κ1) is 20.2. The van der Waals surface area contributed by atoms with Gasteiger partial charge in [-0.25, -0.2) is 9.59 Å². The number of hydrogen-bond donors (Lipinski definition) is 2. The molecule has 7 heteroatoms. The van der Waals surface area contributed by atoms with Crippen LogP contribution in [0.1, 0.15) is 48.4 Å². The van der Waals surface area contributed by atoms with Crippen LogP contribution in [0.3, 0.4) is 0 Å². The van der Waals surface area contributed by atoms with E-state index in [0.717, 1.165) is 43.5 Å². The molecule has 2 aliphatic heterocycles. The number of benzene rings is 1. The molecule has 0 spiro atoms. The van der Waals surface area contributed by atoms with Crippen molar-refractivity contribution in [2.75, 3.05) is 26.2 Å². The fourth-order valence-corrected chi connectivity index (χ4v) is 3.97. The Morgan fingerprint density at radius 1 is 1.04 bits per heavy atom. The molecule has 1 aromatic carbocycles. The van der Waals surface area contributed by atoms with Gasteiger partial charge in [-0.1, -0.05) is 18.2 Å². The zero-order chi connectivity index (χ0) is 20.3. The highest BCUT2D eigenvalue weighted by molar-refractivity contribution is 5.86. The summed E-state index contributed by atoms with van der Waals surface area (Å²) in [5.41, 5.74) is 2.62. The first-order valence-electron chi connectivity index (χ1n) is 10.0.